The maximum Gasteiger partial charge on any atom is 0.339 e. The van der Waals surface area contributed by atoms with Crippen molar-refractivity contribution in [3.05, 3.63) is 89.9 Å². The minimum atomic E-state index is -1.05. The molecule has 1 amide bonds. The number of hydrogen-bond donors (Lipinski definition) is 2. The molecule has 0 saturated heterocycles. The van der Waals surface area contributed by atoms with Gasteiger partial charge in [-0.15, -0.1) is 5.10 Å². The van der Waals surface area contributed by atoms with Gasteiger partial charge in [0.25, 0.3) is 5.91 Å². The lowest BCUT2D eigenvalue weighted by atomic mass is 10.1. The van der Waals surface area contributed by atoms with Crippen molar-refractivity contribution in [2.45, 2.75) is 25.2 Å². The average molecular weight is 626 g/mol. The third-order valence-electron chi connectivity index (χ3n) is 7.64. The molecular formula is C33H32FN7O5. The molecule has 6 rings (SSSR count). The topological polar surface area (TPSA) is 132 Å². The van der Waals surface area contributed by atoms with Gasteiger partial charge in [0.15, 0.2) is 22.9 Å². The lowest BCUT2D eigenvalue weighted by Gasteiger charge is -2.22. The van der Waals surface area contributed by atoms with Crippen LogP contribution in [-0.4, -0.2) is 72.0 Å². The van der Waals surface area contributed by atoms with E-state index in [1.165, 1.54) is 24.0 Å². The summed E-state index contributed by atoms with van der Waals surface area (Å²) in [6, 6.07) is 17.9. The maximum atomic E-state index is 13.6. The number of fused-ring (bicyclic) bond motifs is 1. The van der Waals surface area contributed by atoms with Crippen molar-refractivity contribution in [3.63, 3.8) is 0 Å². The lowest BCUT2D eigenvalue weighted by Crippen LogP contribution is -2.28. The standard InChI is InChI=1S/C33H32FN7O5/c1-40(18-19-8-11-21(44-2)12-9-19)27-15-29(39-41-28(17-36-31(27)41)32(42)38-26-14-23(26)34)37-25-7-5-6-22(30(25)45-3)24-13-10-20(16-35-24)33(43)46-4/h5-13,15-17,23,26H,14,18H2,1-4H3,(H,37,39)(H,38,42)/t23-,26+/m0/s1. The van der Waals surface area contributed by atoms with Crippen LogP contribution in [0.3, 0.4) is 0 Å². The van der Waals surface area contributed by atoms with Crippen molar-refractivity contribution in [1.29, 1.82) is 0 Å². The Labute approximate surface area is 264 Å². The molecule has 0 spiro atoms. The molecule has 46 heavy (non-hydrogen) atoms. The van der Waals surface area contributed by atoms with Gasteiger partial charge in [-0.3, -0.25) is 9.78 Å². The molecule has 13 heteroatoms. The molecule has 2 atom stereocenters. The molecule has 5 aromatic rings. The molecule has 0 bridgehead atoms. The van der Waals surface area contributed by atoms with Crippen molar-refractivity contribution in [2.75, 3.05) is 38.6 Å². The van der Waals surface area contributed by atoms with Gasteiger partial charge in [0.2, 0.25) is 0 Å². The van der Waals surface area contributed by atoms with Crippen LogP contribution in [0.25, 0.3) is 16.9 Å². The van der Waals surface area contributed by atoms with E-state index < -0.39 is 24.1 Å². The van der Waals surface area contributed by atoms with E-state index in [2.05, 4.69) is 20.6 Å². The van der Waals surface area contributed by atoms with Crippen LogP contribution >= 0.6 is 0 Å². The van der Waals surface area contributed by atoms with E-state index in [0.717, 1.165) is 11.3 Å². The number of amides is 1. The van der Waals surface area contributed by atoms with Gasteiger partial charge in [-0.25, -0.2) is 18.7 Å². The molecule has 12 nitrogen and oxygen atoms in total. The Morgan fingerprint density at radius 1 is 1.02 bits per heavy atom. The van der Waals surface area contributed by atoms with Crippen LogP contribution in [-0.2, 0) is 11.3 Å². The number of aromatic nitrogens is 4. The number of rotatable bonds is 11. The zero-order valence-corrected chi connectivity index (χ0v) is 25.7. The smallest absolute Gasteiger partial charge is 0.339 e. The molecule has 0 aliphatic heterocycles. The van der Waals surface area contributed by atoms with Crippen LogP contribution < -0.4 is 25.0 Å². The fourth-order valence-electron chi connectivity index (χ4n) is 5.08. The highest BCUT2D eigenvalue weighted by Gasteiger charge is 2.39. The molecule has 3 aromatic heterocycles. The number of nitrogens with zero attached hydrogens (tertiary/aromatic N) is 5. The SMILES string of the molecule is COC(=O)c1ccc(-c2cccc(Nc3cc(N(C)Cc4ccc(OC)cc4)c4ncc(C(=O)N[C@@H]5C[C@@H]5F)n4n3)c2OC)nc1. The van der Waals surface area contributed by atoms with E-state index in [1.54, 1.807) is 26.4 Å². The van der Waals surface area contributed by atoms with E-state index in [9.17, 15) is 14.0 Å². The molecule has 0 radical (unpaired) electrons. The highest BCUT2D eigenvalue weighted by Crippen LogP contribution is 2.38. The number of methoxy groups -OCH3 is 3. The van der Waals surface area contributed by atoms with Gasteiger partial charge in [-0.2, -0.15) is 0 Å². The summed E-state index contributed by atoms with van der Waals surface area (Å²) in [5, 5.41) is 10.8. The molecule has 2 N–H and O–H groups in total. The molecule has 3 heterocycles. The first-order chi connectivity index (χ1) is 22.3. The summed E-state index contributed by atoms with van der Waals surface area (Å²) in [7, 11) is 6.40. The van der Waals surface area contributed by atoms with Gasteiger partial charge in [0, 0.05) is 37.8 Å². The number of para-hydroxylation sites is 1. The Kier molecular flexibility index (Phi) is 8.38. The summed E-state index contributed by atoms with van der Waals surface area (Å²) in [6.07, 6.45) is 2.12. The van der Waals surface area contributed by atoms with Crippen LogP contribution in [0.1, 0.15) is 32.8 Å². The van der Waals surface area contributed by atoms with E-state index >= 15 is 0 Å². The van der Waals surface area contributed by atoms with Crippen molar-refractivity contribution in [1.82, 2.24) is 24.9 Å². The lowest BCUT2D eigenvalue weighted by molar-refractivity contribution is 0.0600. The first kappa shape index (κ1) is 30.3. The number of hydrogen-bond acceptors (Lipinski definition) is 10. The molecule has 1 aliphatic rings. The Morgan fingerprint density at radius 2 is 1.80 bits per heavy atom. The minimum Gasteiger partial charge on any atom is -0.497 e. The van der Waals surface area contributed by atoms with Crippen LogP contribution in [0.15, 0.2) is 73.1 Å². The summed E-state index contributed by atoms with van der Waals surface area (Å²) in [5.41, 5.74) is 4.51. The number of benzene rings is 2. The Bertz CT molecular complexity index is 1900. The largest absolute Gasteiger partial charge is 0.497 e. The summed E-state index contributed by atoms with van der Waals surface area (Å²) in [4.78, 5) is 36.0. The van der Waals surface area contributed by atoms with Gasteiger partial charge in [-0.05, 0) is 42.0 Å². The normalized spacial score (nSPS) is 15.2. The third-order valence-corrected chi connectivity index (χ3v) is 7.64. The summed E-state index contributed by atoms with van der Waals surface area (Å²) >= 11 is 0. The average Bonchev–Trinajstić information content (AvgIpc) is 3.60. The van der Waals surface area contributed by atoms with Crippen molar-refractivity contribution >= 4 is 34.7 Å². The number of nitrogens with one attached hydrogen (secondary N) is 2. The Hall–Kier alpha value is -5.72. The van der Waals surface area contributed by atoms with E-state index in [-0.39, 0.29) is 12.1 Å². The number of carbonyl (C=O) groups excluding carboxylic acids is 2. The number of carbonyl (C=O) groups is 2. The first-order valence-corrected chi connectivity index (χ1v) is 14.5. The molecular weight excluding hydrogens is 593 g/mol. The highest BCUT2D eigenvalue weighted by molar-refractivity contribution is 5.94. The number of pyridine rings is 1. The molecule has 1 aliphatic carbocycles. The fraction of sp³-hybridized carbons (Fsp3) is 0.242. The number of alkyl halides is 1. The van der Waals surface area contributed by atoms with E-state index in [0.29, 0.717) is 52.0 Å². The summed E-state index contributed by atoms with van der Waals surface area (Å²) < 4.78 is 30.9. The second kappa shape index (κ2) is 12.7. The van der Waals surface area contributed by atoms with Crippen LogP contribution in [0.2, 0.25) is 0 Å². The monoisotopic (exact) mass is 625 g/mol. The van der Waals surface area contributed by atoms with Gasteiger partial charge in [0.1, 0.15) is 11.9 Å². The summed E-state index contributed by atoms with van der Waals surface area (Å²) in [5.74, 6) is 0.694. The van der Waals surface area contributed by atoms with Crippen LogP contribution in [0.5, 0.6) is 11.5 Å². The van der Waals surface area contributed by atoms with Crippen molar-refractivity contribution in [2.24, 2.45) is 0 Å². The Morgan fingerprint density at radius 3 is 2.46 bits per heavy atom. The molecule has 236 valence electrons. The van der Waals surface area contributed by atoms with Crippen molar-refractivity contribution in [3.8, 4) is 22.8 Å². The zero-order valence-electron chi connectivity index (χ0n) is 25.7. The number of esters is 1. The van der Waals surface area contributed by atoms with Gasteiger partial charge in [0.05, 0.1) is 56.2 Å². The van der Waals surface area contributed by atoms with Gasteiger partial charge < -0.3 is 29.7 Å². The quantitative estimate of drug-likeness (QED) is 0.197. The fourth-order valence-corrected chi connectivity index (χ4v) is 5.08. The highest BCUT2D eigenvalue weighted by atomic mass is 19.1. The van der Waals surface area contributed by atoms with Crippen LogP contribution in [0.4, 0.5) is 21.6 Å². The molecule has 2 aromatic carbocycles. The number of ether oxygens (including phenoxy) is 3. The third kappa shape index (κ3) is 6.11. The number of anilines is 3. The van der Waals surface area contributed by atoms with Gasteiger partial charge in [-0.1, -0.05) is 18.2 Å². The van der Waals surface area contributed by atoms with Crippen molar-refractivity contribution < 1.29 is 28.2 Å². The second-order valence-corrected chi connectivity index (χ2v) is 10.8. The summed E-state index contributed by atoms with van der Waals surface area (Å²) in [6.45, 7) is 0.523. The second-order valence-electron chi connectivity index (χ2n) is 10.8. The Balaban J connectivity index is 1.38. The zero-order chi connectivity index (χ0) is 32.4. The van der Waals surface area contributed by atoms with E-state index in [4.69, 9.17) is 19.3 Å². The predicted molar refractivity (Wildman–Crippen MR) is 170 cm³/mol. The molecule has 1 saturated carbocycles. The van der Waals surface area contributed by atoms with Gasteiger partial charge >= 0.3 is 5.97 Å². The van der Waals surface area contributed by atoms with Crippen LogP contribution in [0, 0.1) is 0 Å². The van der Waals surface area contributed by atoms with E-state index in [1.807, 2.05) is 60.5 Å². The number of halogens is 1. The molecule has 0 unspecified atom stereocenters. The minimum absolute atomic E-state index is 0.174. The number of imidazole rings is 1. The first-order valence-electron chi connectivity index (χ1n) is 14.5. The predicted octanol–water partition coefficient (Wildman–Crippen LogP) is 4.82. The maximum absolute atomic E-state index is 13.6. The molecule has 1 fully saturated rings.